The van der Waals surface area contributed by atoms with Gasteiger partial charge in [-0.3, -0.25) is 19.2 Å². The lowest BCUT2D eigenvalue weighted by Crippen LogP contribution is -2.25. The molecule has 0 radical (unpaired) electrons. The second-order valence-corrected chi connectivity index (χ2v) is 10.8. The van der Waals surface area contributed by atoms with Crippen molar-refractivity contribution in [1.82, 2.24) is 0 Å². The van der Waals surface area contributed by atoms with Gasteiger partial charge in [-0.1, -0.05) is 50.7 Å². The normalized spacial score (nSPS) is 14.5. The molecule has 0 saturated carbocycles. The highest BCUT2D eigenvalue weighted by atomic mass is 16.5. The molecule has 2 N–H and O–H groups in total. The number of Topliss-reactive ketones (excluding diaryl/α,β-unsaturated/α-hetero) is 2. The van der Waals surface area contributed by atoms with Crippen molar-refractivity contribution in [2.75, 3.05) is 20.8 Å². The lowest BCUT2D eigenvalue weighted by atomic mass is 9.82. The minimum absolute atomic E-state index is 0.00913. The summed E-state index contributed by atoms with van der Waals surface area (Å²) in [4.78, 5) is 63.6. The van der Waals surface area contributed by atoms with Crippen LogP contribution in [0.2, 0.25) is 0 Å². The zero-order valence-electron chi connectivity index (χ0n) is 25.1. The topological polar surface area (TPSA) is 154 Å². The summed E-state index contributed by atoms with van der Waals surface area (Å²) >= 11 is 0. The molecule has 232 valence electrons. The molecule has 0 spiro atoms. The highest BCUT2D eigenvalue weighted by Gasteiger charge is 2.36. The Morgan fingerprint density at radius 1 is 0.682 bits per heavy atom. The number of hydrogen-bond donors (Lipinski definition) is 2. The van der Waals surface area contributed by atoms with Crippen LogP contribution in [0.3, 0.4) is 0 Å². The lowest BCUT2D eigenvalue weighted by molar-refractivity contribution is -0.121. The molecule has 0 aromatic heterocycles. The highest BCUT2D eigenvalue weighted by Crippen LogP contribution is 2.37. The fraction of sp³-hybridized carbons (Fsp3) is 0.382. The van der Waals surface area contributed by atoms with E-state index in [-0.39, 0.29) is 63.3 Å². The van der Waals surface area contributed by atoms with Gasteiger partial charge in [0.05, 0.1) is 37.5 Å². The van der Waals surface area contributed by atoms with Crippen molar-refractivity contribution in [1.29, 1.82) is 0 Å². The molecule has 0 fully saturated rings. The van der Waals surface area contributed by atoms with E-state index in [1.165, 1.54) is 38.5 Å². The van der Waals surface area contributed by atoms with Crippen LogP contribution >= 0.6 is 0 Å². The molecular weight excluding hydrogens is 568 g/mol. The Hall–Kier alpha value is -4.73. The van der Waals surface area contributed by atoms with Gasteiger partial charge in [-0.25, -0.2) is 4.79 Å². The number of phenols is 2. The first-order valence-corrected chi connectivity index (χ1v) is 14.7. The second kappa shape index (κ2) is 14.2. The van der Waals surface area contributed by atoms with Crippen LogP contribution < -0.4 is 0 Å². The maximum atomic E-state index is 13.0. The zero-order chi connectivity index (χ0) is 32.0. The van der Waals surface area contributed by atoms with Gasteiger partial charge in [-0.15, -0.1) is 0 Å². The number of phenolic OH excluding ortho intramolecular Hbond substituents is 2. The number of methoxy groups -OCH3 is 2. The summed E-state index contributed by atoms with van der Waals surface area (Å²) in [5.74, 6) is -3.53. The number of rotatable bonds is 14. The summed E-state index contributed by atoms with van der Waals surface area (Å²) in [6, 6.07) is 6.49. The third kappa shape index (κ3) is 6.44. The summed E-state index contributed by atoms with van der Waals surface area (Å²) in [6.45, 7) is 1.81. The van der Waals surface area contributed by atoms with Gasteiger partial charge in [0, 0.05) is 22.3 Å². The van der Waals surface area contributed by atoms with Crippen molar-refractivity contribution < 1.29 is 48.4 Å². The standard InChI is InChI=1S/C34H36O10/c1-19-21(30(39)33(43-3)32(42-2)28(19)37)13-10-8-6-4-5-7-9-11-16-44-34(41)20-17-23-27(25(36)18-20)31(40)26-22(29(23)38)14-12-15-24(26)35/h12,14-15,17-18,35-36H,4-11,13,16H2,1-3H3. The maximum Gasteiger partial charge on any atom is 0.338 e. The van der Waals surface area contributed by atoms with E-state index in [1.54, 1.807) is 6.92 Å². The van der Waals surface area contributed by atoms with Crippen LogP contribution in [0.15, 0.2) is 53.0 Å². The van der Waals surface area contributed by atoms with Gasteiger partial charge >= 0.3 is 5.97 Å². The maximum absolute atomic E-state index is 13.0. The van der Waals surface area contributed by atoms with Crippen LogP contribution in [0.25, 0.3) is 0 Å². The first-order chi connectivity index (χ1) is 21.1. The number of carbonyl (C=O) groups is 5. The van der Waals surface area contributed by atoms with Gasteiger partial charge in [0.15, 0.2) is 5.78 Å². The van der Waals surface area contributed by atoms with E-state index in [9.17, 15) is 34.2 Å². The molecule has 0 saturated heterocycles. The summed E-state index contributed by atoms with van der Waals surface area (Å²) < 4.78 is 15.5. The predicted molar refractivity (Wildman–Crippen MR) is 159 cm³/mol. The van der Waals surface area contributed by atoms with Gasteiger partial charge in [-0.05, 0) is 44.4 Å². The molecule has 10 heteroatoms. The van der Waals surface area contributed by atoms with E-state index >= 15 is 0 Å². The first-order valence-electron chi connectivity index (χ1n) is 14.7. The van der Waals surface area contributed by atoms with Crippen molar-refractivity contribution in [3.05, 3.63) is 80.8 Å². The average Bonchev–Trinajstić information content (AvgIpc) is 3.01. The van der Waals surface area contributed by atoms with Crippen LogP contribution in [0.1, 0.15) is 107 Å². The number of ketones is 4. The molecule has 2 aromatic carbocycles. The number of allylic oxidation sites excluding steroid dienone is 2. The number of ether oxygens (including phenoxy) is 3. The van der Waals surface area contributed by atoms with E-state index in [2.05, 4.69) is 0 Å². The molecule has 44 heavy (non-hydrogen) atoms. The molecule has 2 aliphatic rings. The van der Waals surface area contributed by atoms with Crippen molar-refractivity contribution in [3.8, 4) is 11.5 Å². The largest absolute Gasteiger partial charge is 0.507 e. The minimum atomic E-state index is -0.708. The van der Waals surface area contributed by atoms with Crippen molar-refractivity contribution in [2.24, 2.45) is 0 Å². The quantitative estimate of drug-likeness (QED) is 0.137. The summed E-state index contributed by atoms with van der Waals surface area (Å²) in [5, 5.41) is 20.5. The summed E-state index contributed by atoms with van der Waals surface area (Å²) in [5.41, 5.74) is 0.341. The third-order valence-electron chi connectivity index (χ3n) is 7.99. The number of fused-ring (bicyclic) bond motifs is 2. The fourth-order valence-electron chi connectivity index (χ4n) is 5.61. The minimum Gasteiger partial charge on any atom is -0.507 e. The Balaban J connectivity index is 1.15. The number of carbonyl (C=O) groups excluding carboxylic acids is 5. The lowest BCUT2D eigenvalue weighted by Gasteiger charge is -2.20. The van der Waals surface area contributed by atoms with E-state index < -0.39 is 23.3 Å². The highest BCUT2D eigenvalue weighted by molar-refractivity contribution is 6.30. The zero-order valence-corrected chi connectivity index (χ0v) is 25.1. The van der Waals surface area contributed by atoms with Crippen LogP contribution in [0.5, 0.6) is 11.5 Å². The molecular formula is C34H36O10. The Morgan fingerprint density at radius 2 is 1.27 bits per heavy atom. The summed E-state index contributed by atoms with van der Waals surface area (Å²) in [7, 11) is 2.69. The number of hydrogen-bond acceptors (Lipinski definition) is 10. The molecule has 0 heterocycles. The van der Waals surface area contributed by atoms with Crippen molar-refractivity contribution in [2.45, 2.75) is 64.7 Å². The van der Waals surface area contributed by atoms with Crippen molar-refractivity contribution in [3.63, 3.8) is 0 Å². The monoisotopic (exact) mass is 604 g/mol. The molecule has 10 nitrogen and oxygen atoms in total. The van der Waals surface area contributed by atoms with E-state index in [1.807, 2.05) is 0 Å². The van der Waals surface area contributed by atoms with E-state index in [0.29, 0.717) is 24.0 Å². The Bertz CT molecular complexity index is 1580. The Morgan fingerprint density at radius 3 is 1.93 bits per heavy atom. The van der Waals surface area contributed by atoms with E-state index in [0.717, 1.165) is 51.0 Å². The predicted octanol–water partition coefficient (Wildman–Crippen LogP) is 5.51. The van der Waals surface area contributed by atoms with Crippen LogP contribution in [-0.4, -0.2) is 60.1 Å². The second-order valence-electron chi connectivity index (χ2n) is 10.8. The van der Waals surface area contributed by atoms with Gasteiger partial charge in [0.2, 0.25) is 28.9 Å². The van der Waals surface area contributed by atoms with Crippen LogP contribution in [-0.2, 0) is 23.8 Å². The fourth-order valence-corrected chi connectivity index (χ4v) is 5.61. The number of aromatic hydroxyl groups is 2. The number of benzene rings is 2. The third-order valence-corrected chi connectivity index (χ3v) is 7.99. The van der Waals surface area contributed by atoms with Crippen molar-refractivity contribution >= 4 is 29.1 Å². The Kier molecular flexibility index (Phi) is 10.4. The SMILES string of the molecule is COC1=C(OC)C(=O)C(CCCCCCCCCCOC(=O)c2cc(O)c3c(c2)C(=O)c2cccc(O)c2C3=O)=C(C)C1=O. The molecule has 2 aliphatic carbocycles. The first kappa shape index (κ1) is 32.2. The molecule has 4 rings (SSSR count). The summed E-state index contributed by atoms with van der Waals surface area (Å²) in [6.07, 6.45) is 7.70. The van der Waals surface area contributed by atoms with Crippen LogP contribution in [0.4, 0.5) is 0 Å². The number of esters is 1. The Labute approximate surface area is 255 Å². The molecule has 0 atom stereocenters. The van der Waals surface area contributed by atoms with Gasteiger partial charge < -0.3 is 24.4 Å². The number of unbranched alkanes of at least 4 members (excludes halogenated alkanes) is 7. The molecule has 0 unspecified atom stereocenters. The molecule has 0 bridgehead atoms. The smallest absolute Gasteiger partial charge is 0.338 e. The van der Waals surface area contributed by atoms with Gasteiger partial charge in [-0.2, -0.15) is 0 Å². The molecule has 2 aromatic rings. The van der Waals surface area contributed by atoms with Crippen LogP contribution in [0, 0.1) is 0 Å². The molecule has 0 amide bonds. The van der Waals surface area contributed by atoms with Gasteiger partial charge in [0.1, 0.15) is 11.5 Å². The average molecular weight is 605 g/mol. The molecule has 0 aliphatic heterocycles. The van der Waals surface area contributed by atoms with E-state index in [4.69, 9.17) is 14.2 Å². The van der Waals surface area contributed by atoms with Gasteiger partial charge in [0.25, 0.3) is 0 Å².